The van der Waals surface area contributed by atoms with Gasteiger partial charge in [0.25, 0.3) is 0 Å². The minimum Gasteiger partial charge on any atom is -0.353 e. The van der Waals surface area contributed by atoms with E-state index in [-0.39, 0.29) is 5.91 Å². The molecular formula is C14H20BrNOS. The highest BCUT2D eigenvalue weighted by atomic mass is 79.9. The molecule has 1 aromatic heterocycles. The third-order valence-corrected chi connectivity index (χ3v) is 5.20. The van der Waals surface area contributed by atoms with E-state index < -0.39 is 0 Å². The summed E-state index contributed by atoms with van der Waals surface area (Å²) in [6.07, 6.45) is 6.18. The van der Waals surface area contributed by atoms with E-state index in [1.54, 1.807) is 11.3 Å². The summed E-state index contributed by atoms with van der Waals surface area (Å²) in [6, 6.07) is 4.63. The van der Waals surface area contributed by atoms with Gasteiger partial charge >= 0.3 is 0 Å². The van der Waals surface area contributed by atoms with E-state index in [1.165, 1.54) is 15.1 Å². The molecule has 0 aromatic carbocycles. The van der Waals surface area contributed by atoms with Crippen LogP contribution in [0.3, 0.4) is 0 Å². The highest BCUT2D eigenvalue weighted by Crippen LogP contribution is 2.25. The summed E-state index contributed by atoms with van der Waals surface area (Å²) in [7, 11) is 0. The quantitative estimate of drug-likeness (QED) is 0.864. The van der Waals surface area contributed by atoms with Gasteiger partial charge in [-0.2, -0.15) is 0 Å². The van der Waals surface area contributed by atoms with Crippen molar-refractivity contribution in [2.24, 2.45) is 5.92 Å². The number of hydrogen-bond donors (Lipinski definition) is 1. The minimum atomic E-state index is 0.227. The summed E-state index contributed by atoms with van der Waals surface area (Å²) in [6.45, 7) is 2.26. The Hall–Kier alpha value is -0.350. The van der Waals surface area contributed by atoms with Crippen molar-refractivity contribution < 1.29 is 4.79 Å². The van der Waals surface area contributed by atoms with Gasteiger partial charge in [0.1, 0.15) is 0 Å². The largest absolute Gasteiger partial charge is 0.353 e. The molecule has 2 nitrogen and oxygen atoms in total. The second-order valence-corrected chi connectivity index (χ2v) is 7.79. The number of nitrogens with one attached hydrogen (secondary N) is 1. The molecule has 1 aromatic rings. The number of carbonyl (C=O) groups is 1. The van der Waals surface area contributed by atoms with Crippen molar-refractivity contribution in [2.45, 2.75) is 51.5 Å². The Kier molecular flexibility index (Phi) is 5.25. The van der Waals surface area contributed by atoms with Crippen molar-refractivity contribution in [3.8, 4) is 0 Å². The van der Waals surface area contributed by atoms with Gasteiger partial charge in [-0.05, 0) is 66.1 Å². The van der Waals surface area contributed by atoms with E-state index in [0.29, 0.717) is 12.5 Å². The Morgan fingerprint density at radius 1 is 1.50 bits per heavy atom. The number of thiophene rings is 1. The molecule has 1 saturated carbocycles. The van der Waals surface area contributed by atoms with Crippen LogP contribution in [-0.2, 0) is 11.2 Å². The van der Waals surface area contributed by atoms with E-state index in [2.05, 4.69) is 40.3 Å². The molecule has 2 atom stereocenters. The van der Waals surface area contributed by atoms with Gasteiger partial charge in [0, 0.05) is 17.3 Å². The fourth-order valence-corrected chi connectivity index (χ4v) is 4.07. The van der Waals surface area contributed by atoms with Crippen molar-refractivity contribution in [3.05, 3.63) is 20.8 Å². The number of aryl methyl sites for hydroxylation is 1. The fourth-order valence-electron chi connectivity index (χ4n) is 2.55. The smallest absolute Gasteiger partial charge is 0.220 e. The lowest BCUT2D eigenvalue weighted by atomic mass is 10.1. The Balaban J connectivity index is 1.63. The van der Waals surface area contributed by atoms with Crippen molar-refractivity contribution in [1.29, 1.82) is 0 Å². The molecule has 18 heavy (non-hydrogen) atoms. The number of halogens is 1. The molecule has 0 saturated heterocycles. The average Bonchev–Trinajstić information content (AvgIpc) is 2.88. The van der Waals surface area contributed by atoms with Crippen LogP contribution in [0.5, 0.6) is 0 Å². The molecule has 0 spiro atoms. The number of hydrogen-bond acceptors (Lipinski definition) is 2. The summed E-state index contributed by atoms with van der Waals surface area (Å²) < 4.78 is 1.17. The normalized spacial score (nSPS) is 23.2. The van der Waals surface area contributed by atoms with Crippen molar-refractivity contribution in [1.82, 2.24) is 5.32 Å². The van der Waals surface area contributed by atoms with Crippen LogP contribution in [0.25, 0.3) is 0 Å². The second-order valence-electron chi connectivity index (χ2n) is 5.24. The SMILES string of the molecule is CC1CCC(NC(=O)CCCc2ccc(Br)s2)C1. The Labute approximate surface area is 121 Å². The Bertz CT molecular complexity index is 404. The van der Waals surface area contributed by atoms with Gasteiger partial charge in [-0.25, -0.2) is 0 Å². The molecule has 2 unspecified atom stereocenters. The second kappa shape index (κ2) is 6.71. The summed E-state index contributed by atoms with van der Waals surface area (Å²) in [5.41, 5.74) is 0. The number of rotatable bonds is 5. The maximum Gasteiger partial charge on any atom is 0.220 e. The molecule has 0 bridgehead atoms. The molecular weight excluding hydrogens is 310 g/mol. The first-order chi connectivity index (χ1) is 8.63. The number of amides is 1. The molecule has 1 amide bonds. The summed E-state index contributed by atoms with van der Waals surface area (Å²) >= 11 is 5.21. The van der Waals surface area contributed by atoms with Gasteiger partial charge in [-0.1, -0.05) is 6.92 Å². The summed E-state index contributed by atoms with van der Waals surface area (Å²) in [5, 5.41) is 3.16. The standard InChI is InChI=1S/C14H20BrNOS/c1-10-5-6-11(9-10)16-14(17)4-2-3-12-7-8-13(15)18-12/h7-8,10-11H,2-6,9H2,1H3,(H,16,17). The molecule has 1 aliphatic rings. The van der Waals surface area contributed by atoms with Crippen LogP contribution in [0.2, 0.25) is 0 Å². The van der Waals surface area contributed by atoms with E-state index in [9.17, 15) is 4.79 Å². The average molecular weight is 330 g/mol. The molecule has 1 heterocycles. The first kappa shape index (κ1) is 14.1. The molecule has 0 aliphatic heterocycles. The molecule has 2 rings (SSSR count). The molecule has 1 N–H and O–H groups in total. The van der Waals surface area contributed by atoms with Gasteiger partial charge in [-0.15, -0.1) is 11.3 Å². The lowest BCUT2D eigenvalue weighted by molar-refractivity contribution is -0.121. The van der Waals surface area contributed by atoms with E-state index in [0.717, 1.165) is 31.6 Å². The van der Waals surface area contributed by atoms with Gasteiger partial charge in [0.2, 0.25) is 5.91 Å². The van der Waals surface area contributed by atoms with E-state index >= 15 is 0 Å². The van der Waals surface area contributed by atoms with Crippen molar-refractivity contribution >= 4 is 33.2 Å². The lowest BCUT2D eigenvalue weighted by Gasteiger charge is -2.12. The van der Waals surface area contributed by atoms with Gasteiger partial charge < -0.3 is 5.32 Å². The Morgan fingerprint density at radius 3 is 2.94 bits per heavy atom. The Morgan fingerprint density at radius 2 is 2.33 bits per heavy atom. The highest BCUT2D eigenvalue weighted by Gasteiger charge is 2.22. The zero-order valence-electron chi connectivity index (χ0n) is 10.7. The van der Waals surface area contributed by atoms with Crippen molar-refractivity contribution in [3.63, 3.8) is 0 Å². The van der Waals surface area contributed by atoms with Gasteiger partial charge in [0.05, 0.1) is 3.79 Å². The summed E-state index contributed by atoms with van der Waals surface area (Å²) in [4.78, 5) is 13.1. The zero-order valence-corrected chi connectivity index (χ0v) is 13.1. The predicted octanol–water partition coefficient (Wildman–Crippen LogP) is 4.14. The highest BCUT2D eigenvalue weighted by molar-refractivity contribution is 9.11. The van der Waals surface area contributed by atoms with E-state index in [1.807, 2.05) is 0 Å². The van der Waals surface area contributed by atoms with Crippen molar-refractivity contribution in [2.75, 3.05) is 0 Å². The lowest BCUT2D eigenvalue weighted by Crippen LogP contribution is -2.32. The zero-order chi connectivity index (χ0) is 13.0. The number of carbonyl (C=O) groups excluding carboxylic acids is 1. The maximum atomic E-state index is 11.8. The monoisotopic (exact) mass is 329 g/mol. The van der Waals surface area contributed by atoms with Gasteiger partial charge in [-0.3, -0.25) is 4.79 Å². The third kappa shape index (κ3) is 4.39. The predicted molar refractivity (Wildman–Crippen MR) is 79.9 cm³/mol. The first-order valence-corrected chi connectivity index (χ1v) is 8.28. The maximum absolute atomic E-state index is 11.8. The van der Waals surface area contributed by atoms with Crippen LogP contribution < -0.4 is 5.32 Å². The molecule has 1 aliphatic carbocycles. The minimum absolute atomic E-state index is 0.227. The first-order valence-electron chi connectivity index (χ1n) is 6.67. The van der Waals surface area contributed by atoms with Crippen LogP contribution >= 0.6 is 27.3 Å². The molecule has 4 heteroatoms. The molecule has 100 valence electrons. The summed E-state index contributed by atoms with van der Waals surface area (Å²) in [5.74, 6) is 1.00. The van der Waals surface area contributed by atoms with E-state index in [4.69, 9.17) is 0 Å². The molecule has 0 radical (unpaired) electrons. The van der Waals surface area contributed by atoms with Crippen LogP contribution in [0.1, 0.15) is 43.9 Å². The van der Waals surface area contributed by atoms with Crippen LogP contribution in [0.15, 0.2) is 15.9 Å². The van der Waals surface area contributed by atoms with Crippen LogP contribution in [0, 0.1) is 5.92 Å². The molecule has 1 fully saturated rings. The van der Waals surface area contributed by atoms with Gasteiger partial charge in [0.15, 0.2) is 0 Å². The van der Waals surface area contributed by atoms with Crippen LogP contribution in [0.4, 0.5) is 0 Å². The van der Waals surface area contributed by atoms with Crippen LogP contribution in [-0.4, -0.2) is 11.9 Å². The fraction of sp³-hybridized carbons (Fsp3) is 0.643. The third-order valence-electron chi connectivity index (χ3n) is 3.52. The topological polar surface area (TPSA) is 29.1 Å².